The van der Waals surface area contributed by atoms with E-state index in [1.807, 2.05) is 0 Å². The van der Waals surface area contributed by atoms with Gasteiger partial charge in [-0.15, -0.1) is 0 Å². The summed E-state index contributed by atoms with van der Waals surface area (Å²) < 4.78 is 7.81. The van der Waals surface area contributed by atoms with Crippen LogP contribution in [0.2, 0.25) is 0 Å². The zero-order valence-electron chi connectivity index (χ0n) is 13.0. The molecule has 0 atom stereocenters. The zero-order valence-corrected chi connectivity index (χ0v) is 13.0. The highest BCUT2D eigenvalue weighted by Crippen LogP contribution is 2.29. The number of nitrogens with two attached hydrogens (primary N) is 1. The van der Waals surface area contributed by atoms with E-state index in [1.165, 1.54) is 22.0 Å². The molecule has 3 rings (SSSR count). The van der Waals surface area contributed by atoms with Gasteiger partial charge in [0.2, 0.25) is 0 Å². The predicted molar refractivity (Wildman–Crippen MR) is 86.3 cm³/mol. The summed E-state index contributed by atoms with van der Waals surface area (Å²) >= 11 is 0. The number of morpholine rings is 1. The smallest absolute Gasteiger partial charge is 0.0594 e. The summed E-state index contributed by atoms with van der Waals surface area (Å²) in [5, 5.41) is 1.35. The van der Waals surface area contributed by atoms with Crippen LogP contribution in [0, 0.1) is 0 Å². The summed E-state index contributed by atoms with van der Waals surface area (Å²) in [4.78, 5) is 2.47. The molecule has 0 radical (unpaired) electrons. The van der Waals surface area contributed by atoms with Crippen molar-refractivity contribution >= 4 is 10.9 Å². The van der Waals surface area contributed by atoms with Crippen molar-refractivity contribution in [2.24, 2.45) is 5.73 Å². The second-order valence-electron chi connectivity index (χ2n) is 6.06. The highest BCUT2D eigenvalue weighted by Gasteiger charge is 2.17. The molecule has 1 aromatic carbocycles. The summed E-state index contributed by atoms with van der Waals surface area (Å²) in [6, 6.07) is 6.92. The Morgan fingerprint density at radius 3 is 2.62 bits per heavy atom. The Hall–Kier alpha value is -1.36. The van der Waals surface area contributed by atoms with Crippen LogP contribution in [0.4, 0.5) is 0 Å². The van der Waals surface area contributed by atoms with Crippen molar-refractivity contribution in [3.8, 4) is 0 Å². The van der Waals surface area contributed by atoms with E-state index >= 15 is 0 Å². The molecule has 1 aromatic heterocycles. The monoisotopic (exact) mass is 287 g/mol. The van der Waals surface area contributed by atoms with Gasteiger partial charge in [0.25, 0.3) is 0 Å². The molecule has 4 heteroatoms. The van der Waals surface area contributed by atoms with Crippen LogP contribution in [0.5, 0.6) is 0 Å². The molecule has 0 bridgehead atoms. The standard InChI is InChI=1S/C17H25N3O/c1-13(2)20-12-15(11-19-6-8-21-9-7-19)17-14(10-18)4-3-5-16(17)20/h3-5,12-13H,6-11,18H2,1-2H3. The molecule has 21 heavy (non-hydrogen) atoms. The SMILES string of the molecule is CC(C)n1cc(CN2CCOCC2)c2c(CN)cccc21. The number of ether oxygens (including phenoxy) is 1. The molecule has 2 N–H and O–H groups in total. The molecule has 4 nitrogen and oxygen atoms in total. The lowest BCUT2D eigenvalue weighted by Gasteiger charge is -2.26. The van der Waals surface area contributed by atoms with Crippen LogP contribution in [0.3, 0.4) is 0 Å². The summed E-state index contributed by atoms with van der Waals surface area (Å²) in [6.07, 6.45) is 2.31. The number of hydrogen-bond donors (Lipinski definition) is 1. The van der Waals surface area contributed by atoms with E-state index in [2.05, 4.69) is 47.7 Å². The molecular weight excluding hydrogens is 262 g/mol. The van der Waals surface area contributed by atoms with Crippen LogP contribution >= 0.6 is 0 Å². The number of fused-ring (bicyclic) bond motifs is 1. The molecule has 0 saturated carbocycles. The molecule has 0 aliphatic carbocycles. The third-order valence-corrected chi connectivity index (χ3v) is 4.30. The van der Waals surface area contributed by atoms with Gasteiger partial charge in [0.15, 0.2) is 0 Å². The van der Waals surface area contributed by atoms with Crippen molar-refractivity contribution in [3.05, 3.63) is 35.5 Å². The average molecular weight is 287 g/mol. The van der Waals surface area contributed by atoms with Gasteiger partial charge >= 0.3 is 0 Å². The lowest BCUT2D eigenvalue weighted by molar-refractivity contribution is 0.0343. The summed E-state index contributed by atoms with van der Waals surface area (Å²) in [6.45, 7) is 9.74. The second kappa shape index (κ2) is 6.18. The van der Waals surface area contributed by atoms with Crippen LogP contribution in [0.25, 0.3) is 10.9 Å². The van der Waals surface area contributed by atoms with Gasteiger partial charge in [-0.1, -0.05) is 12.1 Å². The molecule has 114 valence electrons. The van der Waals surface area contributed by atoms with E-state index in [9.17, 15) is 0 Å². The molecule has 1 aliphatic rings. The highest BCUT2D eigenvalue weighted by atomic mass is 16.5. The Balaban J connectivity index is 2.03. The zero-order chi connectivity index (χ0) is 14.8. The van der Waals surface area contributed by atoms with Gasteiger partial charge in [0, 0.05) is 49.3 Å². The van der Waals surface area contributed by atoms with E-state index in [0.717, 1.165) is 32.8 Å². The number of nitrogens with zero attached hydrogens (tertiary/aromatic N) is 2. The summed E-state index contributed by atoms with van der Waals surface area (Å²) in [5.41, 5.74) is 9.90. The first-order chi connectivity index (χ1) is 10.2. The molecule has 2 aromatic rings. The highest BCUT2D eigenvalue weighted by molar-refractivity contribution is 5.87. The first-order valence-electron chi connectivity index (χ1n) is 7.82. The fourth-order valence-electron chi connectivity index (χ4n) is 3.19. The number of aromatic nitrogens is 1. The minimum absolute atomic E-state index is 0.457. The molecule has 2 heterocycles. The Kier molecular flexibility index (Phi) is 4.29. The normalized spacial score (nSPS) is 17.0. The molecule has 0 unspecified atom stereocenters. The van der Waals surface area contributed by atoms with E-state index in [1.54, 1.807) is 0 Å². The van der Waals surface area contributed by atoms with Gasteiger partial charge in [-0.05, 0) is 31.0 Å². The van der Waals surface area contributed by atoms with Gasteiger partial charge in [-0.2, -0.15) is 0 Å². The first kappa shape index (κ1) is 14.6. The molecule has 1 fully saturated rings. The van der Waals surface area contributed by atoms with Gasteiger partial charge in [-0.3, -0.25) is 4.90 Å². The molecule has 0 spiro atoms. The van der Waals surface area contributed by atoms with Crippen molar-refractivity contribution in [3.63, 3.8) is 0 Å². The van der Waals surface area contributed by atoms with Crippen molar-refractivity contribution in [2.45, 2.75) is 33.0 Å². The maximum Gasteiger partial charge on any atom is 0.0594 e. The van der Waals surface area contributed by atoms with Crippen LogP contribution < -0.4 is 5.73 Å². The van der Waals surface area contributed by atoms with E-state index in [0.29, 0.717) is 12.6 Å². The van der Waals surface area contributed by atoms with Crippen molar-refractivity contribution in [1.29, 1.82) is 0 Å². The predicted octanol–water partition coefficient (Wildman–Crippen LogP) is 2.51. The van der Waals surface area contributed by atoms with Gasteiger partial charge in [0.05, 0.1) is 13.2 Å². The van der Waals surface area contributed by atoms with Gasteiger partial charge < -0.3 is 15.0 Å². The van der Waals surface area contributed by atoms with Crippen LogP contribution in [-0.2, 0) is 17.8 Å². The molecule has 1 saturated heterocycles. The minimum Gasteiger partial charge on any atom is -0.379 e. The molecule has 1 aliphatic heterocycles. The second-order valence-corrected chi connectivity index (χ2v) is 6.06. The van der Waals surface area contributed by atoms with Crippen molar-refractivity contribution < 1.29 is 4.74 Å². The Bertz CT molecular complexity index is 612. The quantitative estimate of drug-likeness (QED) is 0.939. The Morgan fingerprint density at radius 1 is 1.19 bits per heavy atom. The van der Waals surface area contributed by atoms with E-state index in [4.69, 9.17) is 10.5 Å². The van der Waals surface area contributed by atoms with E-state index < -0.39 is 0 Å². The molecular formula is C17H25N3O. The maximum absolute atomic E-state index is 5.96. The van der Waals surface area contributed by atoms with Gasteiger partial charge in [0.1, 0.15) is 0 Å². The fourth-order valence-corrected chi connectivity index (χ4v) is 3.19. The Morgan fingerprint density at radius 2 is 1.95 bits per heavy atom. The minimum atomic E-state index is 0.457. The fraction of sp³-hybridized carbons (Fsp3) is 0.529. The third-order valence-electron chi connectivity index (χ3n) is 4.30. The largest absolute Gasteiger partial charge is 0.379 e. The van der Waals surface area contributed by atoms with Crippen molar-refractivity contribution in [1.82, 2.24) is 9.47 Å². The topological polar surface area (TPSA) is 43.4 Å². The van der Waals surface area contributed by atoms with Crippen LogP contribution in [-0.4, -0.2) is 35.8 Å². The van der Waals surface area contributed by atoms with Crippen LogP contribution in [0.15, 0.2) is 24.4 Å². The number of benzene rings is 1. The maximum atomic E-state index is 5.96. The molecule has 0 amide bonds. The first-order valence-corrected chi connectivity index (χ1v) is 7.82. The van der Waals surface area contributed by atoms with E-state index in [-0.39, 0.29) is 0 Å². The van der Waals surface area contributed by atoms with Crippen LogP contribution in [0.1, 0.15) is 31.0 Å². The number of hydrogen-bond acceptors (Lipinski definition) is 3. The number of rotatable bonds is 4. The average Bonchev–Trinajstić information content (AvgIpc) is 2.87. The van der Waals surface area contributed by atoms with Crippen molar-refractivity contribution in [2.75, 3.05) is 26.3 Å². The van der Waals surface area contributed by atoms with Gasteiger partial charge in [-0.25, -0.2) is 0 Å². The third kappa shape index (κ3) is 2.84. The Labute approximate surface area is 126 Å². The summed E-state index contributed by atoms with van der Waals surface area (Å²) in [7, 11) is 0. The lowest BCUT2D eigenvalue weighted by Crippen LogP contribution is -2.35. The lowest BCUT2D eigenvalue weighted by atomic mass is 10.1. The summed E-state index contributed by atoms with van der Waals surface area (Å²) in [5.74, 6) is 0.